The fourth-order valence-electron chi connectivity index (χ4n) is 2.63. The SMILES string of the molecule is N#CCCn1cc(/C=C/C(=O)Oc2ccccc2)c(-c2cccc([N+](=O)[O-])c2)n1. The fourth-order valence-corrected chi connectivity index (χ4v) is 2.63. The Bertz CT molecular complexity index is 1100. The number of nitro groups is 1. The average molecular weight is 388 g/mol. The summed E-state index contributed by atoms with van der Waals surface area (Å²) in [7, 11) is 0. The number of aromatic nitrogens is 2. The molecule has 8 nitrogen and oxygen atoms in total. The first kappa shape index (κ1) is 19.5. The number of esters is 1. The lowest BCUT2D eigenvalue weighted by Gasteiger charge is -2.01. The van der Waals surface area contributed by atoms with Crippen LogP contribution in [0.15, 0.2) is 66.9 Å². The monoisotopic (exact) mass is 388 g/mol. The van der Waals surface area contributed by atoms with E-state index in [1.54, 1.807) is 47.3 Å². The Labute approximate surface area is 166 Å². The minimum absolute atomic E-state index is 0.0625. The summed E-state index contributed by atoms with van der Waals surface area (Å²) in [6.45, 7) is 0.362. The van der Waals surface area contributed by atoms with Gasteiger partial charge in [-0.3, -0.25) is 14.8 Å². The number of rotatable bonds is 7. The number of nitrogens with zero attached hydrogens (tertiary/aromatic N) is 4. The number of aryl methyl sites for hydroxylation is 1. The standard InChI is InChI=1S/C21H16N4O4/c22-12-5-13-24-15-17(10-11-20(26)29-19-8-2-1-3-9-19)21(23-24)16-6-4-7-18(14-16)25(27)28/h1-4,6-11,14-15H,5,13H2/b11-10+. The molecular weight excluding hydrogens is 372 g/mol. The van der Waals surface area contributed by atoms with E-state index in [9.17, 15) is 14.9 Å². The maximum Gasteiger partial charge on any atom is 0.336 e. The molecule has 3 rings (SSSR count). The predicted octanol–water partition coefficient (Wildman–Crippen LogP) is 3.99. The minimum Gasteiger partial charge on any atom is -0.423 e. The largest absolute Gasteiger partial charge is 0.423 e. The first-order valence-corrected chi connectivity index (χ1v) is 8.71. The van der Waals surface area contributed by atoms with Crippen LogP contribution in [0.2, 0.25) is 0 Å². The zero-order valence-corrected chi connectivity index (χ0v) is 15.3. The molecule has 0 aliphatic heterocycles. The highest BCUT2D eigenvalue weighted by Gasteiger charge is 2.14. The normalized spacial score (nSPS) is 10.6. The quantitative estimate of drug-likeness (QED) is 0.199. The number of benzene rings is 2. The van der Waals surface area contributed by atoms with Gasteiger partial charge in [0.2, 0.25) is 0 Å². The highest BCUT2D eigenvalue weighted by Crippen LogP contribution is 2.27. The number of hydrogen-bond acceptors (Lipinski definition) is 6. The van der Waals surface area contributed by atoms with Crippen LogP contribution in [0.5, 0.6) is 5.75 Å². The van der Waals surface area contributed by atoms with E-state index >= 15 is 0 Å². The molecule has 0 radical (unpaired) electrons. The van der Waals surface area contributed by atoms with Crippen molar-refractivity contribution in [3.63, 3.8) is 0 Å². The van der Waals surface area contributed by atoms with Crippen LogP contribution in [0.25, 0.3) is 17.3 Å². The van der Waals surface area contributed by atoms with Crippen molar-refractivity contribution in [3.8, 4) is 23.1 Å². The fraction of sp³-hybridized carbons (Fsp3) is 0.0952. The van der Waals surface area contributed by atoms with Crippen LogP contribution in [0.4, 0.5) is 5.69 Å². The second-order valence-corrected chi connectivity index (χ2v) is 5.98. The topological polar surface area (TPSA) is 111 Å². The van der Waals surface area contributed by atoms with Crippen molar-refractivity contribution >= 4 is 17.7 Å². The summed E-state index contributed by atoms with van der Waals surface area (Å²) < 4.78 is 6.79. The Morgan fingerprint density at radius 1 is 1.24 bits per heavy atom. The van der Waals surface area contributed by atoms with E-state index < -0.39 is 10.9 Å². The summed E-state index contributed by atoms with van der Waals surface area (Å²) in [5.41, 5.74) is 1.52. The van der Waals surface area contributed by atoms with Gasteiger partial charge in [0, 0.05) is 35.5 Å². The van der Waals surface area contributed by atoms with Gasteiger partial charge in [-0.15, -0.1) is 0 Å². The number of carbonyl (C=O) groups excluding carboxylic acids is 1. The average Bonchev–Trinajstić information content (AvgIpc) is 3.14. The molecule has 0 aliphatic carbocycles. The first-order valence-electron chi connectivity index (χ1n) is 8.71. The molecule has 0 aliphatic rings. The number of ether oxygens (including phenoxy) is 1. The number of carbonyl (C=O) groups is 1. The molecule has 0 unspecified atom stereocenters. The Kier molecular flexibility index (Phi) is 6.12. The van der Waals surface area contributed by atoms with Crippen LogP contribution in [0.3, 0.4) is 0 Å². The summed E-state index contributed by atoms with van der Waals surface area (Å²) in [6, 6.07) is 16.8. The smallest absolute Gasteiger partial charge is 0.336 e. The van der Waals surface area contributed by atoms with Gasteiger partial charge in [-0.1, -0.05) is 30.3 Å². The third-order valence-electron chi connectivity index (χ3n) is 3.93. The van der Waals surface area contributed by atoms with Gasteiger partial charge in [0.1, 0.15) is 5.75 Å². The maximum absolute atomic E-state index is 12.1. The molecule has 29 heavy (non-hydrogen) atoms. The molecule has 0 bridgehead atoms. The van der Waals surface area contributed by atoms with Crippen molar-refractivity contribution < 1.29 is 14.5 Å². The van der Waals surface area contributed by atoms with Gasteiger partial charge in [-0.05, 0) is 18.2 Å². The molecule has 0 fully saturated rings. The van der Waals surface area contributed by atoms with Crippen LogP contribution >= 0.6 is 0 Å². The van der Waals surface area contributed by atoms with Crippen molar-refractivity contribution in [2.75, 3.05) is 0 Å². The molecule has 0 atom stereocenters. The molecule has 0 spiro atoms. The van der Waals surface area contributed by atoms with Crippen LogP contribution in [0, 0.1) is 21.4 Å². The lowest BCUT2D eigenvalue weighted by molar-refractivity contribution is -0.384. The second kappa shape index (κ2) is 9.10. The van der Waals surface area contributed by atoms with Gasteiger partial charge in [-0.2, -0.15) is 10.4 Å². The Morgan fingerprint density at radius 2 is 2.03 bits per heavy atom. The van der Waals surface area contributed by atoms with Crippen molar-refractivity contribution in [2.45, 2.75) is 13.0 Å². The molecule has 0 amide bonds. The zero-order valence-electron chi connectivity index (χ0n) is 15.3. The van der Waals surface area contributed by atoms with E-state index in [4.69, 9.17) is 10.00 Å². The van der Waals surface area contributed by atoms with E-state index in [-0.39, 0.29) is 12.1 Å². The lowest BCUT2D eigenvalue weighted by Crippen LogP contribution is -2.03. The molecule has 3 aromatic rings. The molecule has 2 aromatic carbocycles. The molecular formula is C21H16N4O4. The first-order chi connectivity index (χ1) is 14.1. The number of nitro benzene ring substituents is 1. The molecule has 0 N–H and O–H groups in total. The van der Waals surface area contributed by atoms with Gasteiger partial charge >= 0.3 is 5.97 Å². The molecule has 144 valence electrons. The summed E-state index contributed by atoms with van der Waals surface area (Å²) in [4.78, 5) is 22.7. The molecule has 1 aromatic heterocycles. The van der Waals surface area contributed by atoms with Crippen LogP contribution in [-0.2, 0) is 11.3 Å². The van der Waals surface area contributed by atoms with Crippen molar-refractivity contribution in [2.24, 2.45) is 0 Å². The van der Waals surface area contributed by atoms with Crippen molar-refractivity contribution in [1.29, 1.82) is 5.26 Å². The lowest BCUT2D eigenvalue weighted by atomic mass is 10.1. The van der Waals surface area contributed by atoms with Crippen LogP contribution in [-0.4, -0.2) is 20.7 Å². The summed E-state index contributed by atoms with van der Waals surface area (Å²) in [5.74, 6) is -0.142. The van der Waals surface area contributed by atoms with E-state index in [1.807, 2.05) is 12.1 Å². The second-order valence-electron chi connectivity index (χ2n) is 5.98. The van der Waals surface area contributed by atoms with Crippen molar-refractivity contribution in [3.05, 3.63) is 82.5 Å². The maximum atomic E-state index is 12.1. The Morgan fingerprint density at radius 3 is 2.76 bits per heavy atom. The zero-order chi connectivity index (χ0) is 20.6. The number of non-ortho nitro benzene ring substituents is 1. The van der Waals surface area contributed by atoms with E-state index in [0.29, 0.717) is 29.1 Å². The number of para-hydroxylation sites is 1. The molecule has 0 saturated heterocycles. The van der Waals surface area contributed by atoms with Gasteiger partial charge in [-0.25, -0.2) is 4.79 Å². The van der Waals surface area contributed by atoms with Crippen LogP contribution in [0.1, 0.15) is 12.0 Å². The van der Waals surface area contributed by atoms with E-state index in [0.717, 1.165) is 0 Å². The van der Waals surface area contributed by atoms with Gasteiger partial charge < -0.3 is 4.74 Å². The third-order valence-corrected chi connectivity index (χ3v) is 3.93. The Balaban J connectivity index is 1.89. The molecule has 0 saturated carbocycles. The predicted molar refractivity (Wildman–Crippen MR) is 106 cm³/mol. The minimum atomic E-state index is -0.564. The van der Waals surface area contributed by atoms with E-state index in [1.165, 1.54) is 24.3 Å². The highest BCUT2D eigenvalue weighted by atomic mass is 16.6. The summed E-state index contributed by atoms with van der Waals surface area (Å²) in [6.07, 6.45) is 4.74. The van der Waals surface area contributed by atoms with Gasteiger partial charge in [0.25, 0.3) is 5.69 Å². The Hall–Kier alpha value is -4.25. The summed E-state index contributed by atoms with van der Waals surface area (Å²) in [5, 5.41) is 24.3. The number of nitriles is 1. The summed E-state index contributed by atoms with van der Waals surface area (Å²) >= 11 is 0. The van der Waals surface area contributed by atoms with Gasteiger partial charge in [0.15, 0.2) is 0 Å². The highest BCUT2D eigenvalue weighted by molar-refractivity contribution is 5.90. The third kappa shape index (κ3) is 5.14. The van der Waals surface area contributed by atoms with E-state index in [2.05, 4.69) is 5.10 Å². The van der Waals surface area contributed by atoms with Crippen LogP contribution < -0.4 is 4.74 Å². The number of hydrogen-bond donors (Lipinski definition) is 0. The molecule has 8 heteroatoms. The molecule has 1 heterocycles. The van der Waals surface area contributed by atoms with Crippen molar-refractivity contribution in [1.82, 2.24) is 9.78 Å². The van der Waals surface area contributed by atoms with Gasteiger partial charge in [0.05, 0.1) is 29.7 Å².